The summed E-state index contributed by atoms with van der Waals surface area (Å²) in [5.41, 5.74) is 10.9. The Bertz CT molecular complexity index is 514. The lowest BCUT2D eigenvalue weighted by Gasteiger charge is -2.06. The van der Waals surface area contributed by atoms with E-state index in [0.29, 0.717) is 5.82 Å². The predicted molar refractivity (Wildman–Crippen MR) is 72.1 cm³/mol. The van der Waals surface area contributed by atoms with Crippen molar-refractivity contribution in [2.45, 2.75) is 6.61 Å². The van der Waals surface area contributed by atoms with E-state index in [1.807, 2.05) is 24.3 Å². The van der Waals surface area contributed by atoms with Gasteiger partial charge in [-0.3, -0.25) is 0 Å². The Hall–Kier alpha value is -1.64. The third-order valence-corrected chi connectivity index (χ3v) is 2.55. The minimum atomic E-state index is 0.0961. The van der Waals surface area contributed by atoms with Crippen LogP contribution in [0.15, 0.2) is 24.3 Å². The molecule has 0 bridgehead atoms. The van der Waals surface area contributed by atoms with Crippen molar-refractivity contribution in [3.8, 4) is 5.75 Å². The van der Waals surface area contributed by atoms with Gasteiger partial charge in [-0.15, -0.1) is 0 Å². The lowest BCUT2D eigenvalue weighted by Crippen LogP contribution is -2.09. The molecule has 0 fully saturated rings. The molecule has 0 amide bonds. The molecule has 1 aromatic carbocycles. The molecule has 0 unspecified atom stereocenters. The maximum absolute atomic E-state index is 5.51. The molecule has 0 atom stereocenters. The van der Waals surface area contributed by atoms with Crippen molar-refractivity contribution < 1.29 is 4.74 Å². The van der Waals surface area contributed by atoms with E-state index in [1.165, 1.54) is 0 Å². The maximum atomic E-state index is 5.51. The number of hydrogen-bond acceptors (Lipinski definition) is 6. The smallest absolute Gasteiger partial charge is 0.225 e. The van der Waals surface area contributed by atoms with Gasteiger partial charge in [0.2, 0.25) is 11.9 Å². The number of aromatic nitrogens is 3. The fraction of sp³-hybridized carbons (Fsp3) is 0.100. The number of nitrogens with two attached hydrogens (primary N) is 2. The molecule has 0 radical (unpaired) electrons. The largest absolute Gasteiger partial charge is 0.486 e. The Morgan fingerprint density at radius 2 is 1.82 bits per heavy atom. The Morgan fingerprint density at radius 3 is 2.47 bits per heavy atom. The highest BCUT2D eigenvalue weighted by molar-refractivity contribution is 14.1. The number of hydrogen-bond donors (Lipinski definition) is 2. The van der Waals surface area contributed by atoms with E-state index in [2.05, 4.69) is 37.5 Å². The molecular formula is C10H10IN5O. The molecule has 0 aliphatic carbocycles. The first-order valence-electron chi connectivity index (χ1n) is 4.78. The molecule has 2 aromatic rings. The van der Waals surface area contributed by atoms with Gasteiger partial charge in [-0.25, -0.2) is 0 Å². The molecule has 1 aromatic heterocycles. The van der Waals surface area contributed by atoms with Crippen LogP contribution in [-0.2, 0) is 6.61 Å². The van der Waals surface area contributed by atoms with Gasteiger partial charge in [-0.1, -0.05) is 6.07 Å². The van der Waals surface area contributed by atoms with Crippen LogP contribution in [0.25, 0.3) is 0 Å². The van der Waals surface area contributed by atoms with Gasteiger partial charge in [-0.2, -0.15) is 15.0 Å². The van der Waals surface area contributed by atoms with Gasteiger partial charge in [0.05, 0.1) is 0 Å². The molecule has 6 nitrogen and oxygen atoms in total. The van der Waals surface area contributed by atoms with Gasteiger partial charge < -0.3 is 16.2 Å². The fourth-order valence-corrected chi connectivity index (χ4v) is 1.74. The van der Waals surface area contributed by atoms with E-state index in [-0.39, 0.29) is 18.5 Å². The first kappa shape index (κ1) is 11.8. The quantitative estimate of drug-likeness (QED) is 0.813. The SMILES string of the molecule is Nc1nc(N)nc(COc2cccc(I)c2)n1. The lowest BCUT2D eigenvalue weighted by atomic mass is 10.3. The zero-order chi connectivity index (χ0) is 12.3. The van der Waals surface area contributed by atoms with Crippen molar-refractivity contribution in [1.82, 2.24) is 15.0 Å². The molecule has 0 saturated heterocycles. The van der Waals surface area contributed by atoms with Crippen molar-refractivity contribution in [3.05, 3.63) is 33.7 Å². The van der Waals surface area contributed by atoms with Crippen LogP contribution < -0.4 is 16.2 Å². The summed E-state index contributed by atoms with van der Waals surface area (Å²) in [6.07, 6.45) is 0. The number of halogens is 1. The van der Waals surface area contributed by atoms with Gasteiger partial charge in [0.25, 0.3) is 0 Å². The summed E-state index contributed by atoms with van der Waals surface area (Å²) in [7, 11) is 0. The van der Waals surface area contributed by atoms with Gasteiger partial charge in [0.15, 0.2) is 5.82 Å². The molecule has 0 aliphatic rings. The van der Waals surface area contributed by atoms with Crippen molar-refractivity contribution in [2.24, 2.45) is 0 Å². The number of ether oxygens (including phenoxy) is 1. The van der Waals surface area contributed by atoms with E-state index in [9.17, 15) is 0 Å². The second kappa shape index (κ2) is 5.13. The van der Waals surface area contributed by atoms with Crippen LogP contribution in [-0.4, -0.2) is 15.0 Å². The van der Waals surface area contributed by atoms with Crippen LogP contribution in [0.2, 0.25) is 0 Å². The standard InChI is InChI=1S/C10H10IN5O/c11-6-2-1-3-7(4-6)17-5-8-14-9(12)16-10(13)15-8/h1-4H,5H2,(H4,12,13,14,15,16). The van der Waals surface area contributed by atoms with Gasteiger partial charge >= 0.3 is 0 Å². The summed E-state index contributed by atoms with van der Waals surface area (Å²) in [4.78, 5) is 11.5. The average Bonchev–Trinajstić information content (AvgIpc) is 2.25. The van der Waals surface area contributed by atoms with Crippen LogP contribution in [0, 0.1) is 3.57 Å². The summed E-state index contributed by atoms with van der Waals surface area (Å²) in [5, 5.41) is 0. The second-order valence-corrected chi connectivity index (χ2v) is 4.46. The summed E-state index contributed by atoms with van der Waals surface area (Å²) in [6.45, 7) is 0.205. The third kappa shape index (κ3) is 3.41. The fourth-order valence-electron chi connectivity index (χ4n) is 1.23. The summed E-state index contributed by atoms with van der Waals surface area (Å²) >= 11 is 2.21. The molecular weight excluding hydrogens is 333 g/mol. The Kier molecular flexibility index (Phi) is 3.57. The highest BCUT2D eigenvalue weighted by Gasteiger charge is 2.03. The number of nitrogens with zero attached hydrogens (tertiary/aromatic N) is 3. The van der Waals surface area contributed by atoms with E-state index in [4.69, 9.17) is 16.2 Å². The monoisotopic (exact) mass is 343 g/mol. The number of rotatable bonds is 3. The average molecular weight is 343 g/mol. The Morgan fingerprint density at radius 1 is 1.12 bits per heavy atom. The topological polar surface area (TPSA) is 99.9 Å². The molecule has 2 rings (SSSR count). The highest BCUT2D eigenvalue weighted by Crippen LogP contribution is 2.15. The van der Waals surface area contributed by atoms with Gasteiger partial charge in [-0.05, 0) is 40.8 Å². The van der Waals surface area contributed by atoms with Crippen molar-refractivity contribution in [3.63, 3.8) is 0 Å². The van der Waals surface area contributed by atoms with Crippen LogP contribution >= 0.6 is 22.6 Å². The van der Waals surface area contributed by atoms with Crippen molar-refractivity contribution in [2.75, 3.05) is 11.5 Å². The maximum Gasteiger partial charge on any atom is 0.225 e. The van der Waals surface area contributed by atoms with E-state index >= 15 is 0 Å². The van der Waals surface area contributed by atoms with Gasteiger partial charge in [0.1, 0.15) is 12.4 Å². The highest BCUT2D eigenvalue weighted by atomic mass is 127. The van der Waals surface area contributed by atoms with Crippen LogP contribution in [0.4, 0.5) is 11.9 Å². The number of nitrogen functional groups attached to an aromatic ring is 2. The molecule has 0 aliphatic heterocycles. The lowest BCUT2D eigenvalue weighted by molar-refractivity contribution is 0.295. The zero-order valence-electron chi connectivity index (χ0n) is 8.80. The van der Waals surface area contributed by atoms with E-state index in [1.54, 1.807) is 0 Å². The molecule has 88 valence electrons. The Balaban J connectivity index is 2.07. The van der Waals surface area contributed by atoms with Crippen LogP contribution in [0.1, 0.15) is 5.82 Å². The summed E-state index contributed by atoms with van der Waals surface area (Å²) < 4.78 is 6.61. The third-order valence-electron chi connectivity index (χ3n) is 1.88. The summed E-state index contributed by atoms with van der Waals surface area (Å²) in [5.74, 6) is 1.35. The molecule has 0 saturated carbocycles. The van der Waals surface area contributed by atoms with E-state index in [0.717, 1.165) is 9.32 Å². The van der Waals surface area contributed by atoms with E-state index < -0.39 is 0 Å². The number of benzene rings is 1. The van der Waals surface area contributed by atoms with Crippen molar-refractivity contribution in [1.29, 1.82) is 0 Å². The second-order valence-electron chi connectivity index (χ2n) is 3.21. The Labute approximate surface area is 112 Å². The minimum absolute atomic E-state index is 0.0961. The predicted octanol–water partition coefficient (Wildman–Crippen LogP) is 1.22. The summed E-state index contributed by atoms with van der Waals surface area (Å²) in [6, 6.07) is 7.66. The van der Waals surface area contributed by atoms with Crippen LogP contribution in [0.3, 0.4) is 0 Å². The van der Waals surface area contributed by atoms with Crippen molar-refractivity contribution >= 4 is 34.5 Å². The number of anilines is 2. The first-order chi connectivity index (χ1) is 8.13. The normalized spacial score (nSPS) is 10.2. The van der Waals surface area contributed by atoms with Gasteiger partial charge in [0, 0.05) is 3.57 Å². The first-order valence-corrected chi connectivity index (χ1v) is 5.85. The molecule has 0 spiro atoms. The van der Waals surface area contributed by atoms with Crippen LogP contribution in [0.5, 0.6) is 5.75 Å². The zero-order valence-corrected chi connectivity index (χ0v) is 11.0. The molecule has 17 heavy (non-hydrogen) atoms. The molecule has 1 heterocycles. The molecule has 7 heteroatoms. The molecule has 4 N–H and O–H groups in total. The minimum Gasteiger partial charge on any atom is -0.486 e.